The van der Waals surface area contributed by atoms with Crippen LogP contribution in [0.15, 0.2) is 34.8 Å². The molecule has 0 unspecified atom stereocenters. The molecular weight excluding hydrogens is 296 g/mol. The molecule has 4 heteroatoms. The highest BCUT2D eigenvalue weighted by atomic mass is 79.9. The van der Waals surface area contributed by atoms with E-state index >= 15 is 0 Å². The van der Waals surface area contributed by atoms with E-state index in [1.807, 2.05) is 12.1 Å². The van der Waals surface area contributed by atoms with Gasteiger partial charge in [0, 0.05) is 21.6 Å². The number of thiophene rings is 1. The van der Waals surface area contributed by atoms with Crippen molar-refractivity contribution in [3.05, 3.63) is 50.1 Å². The van der Waals surface area contributed by atoms with Crippen LogP contribution in [0.4, 0.5) is 5.69 Å². The summed E-state index contributed by atoms with van der Waals surface area (Å²) in [7, 11) is 0. The number of nitriles is 1. The second-order valence-corrected chi connectivity index (χ2v) is 5.74. The van der Waals surface area contributed by atoms with Crippen LogP contribution in [-0.4, -0.2) is 0 Å². The highest BCUT2D eigenvalue weighted by molar-refractivity contribution is 9.10. The van der Waals surface area contributed by atoms with Crippen molar-refractivity contribution in [3.63, 3.8) is 0 Å². The molecule has 2 aromatic rings. The highest BCUT2D eigenvalue weighted by Gasteiger charge is 2.02. The van der Waals surface area contributed by atoms with Gasteiger partial charge in [0.15, 0.2) is 0 Å². The summed E-state index contributed by atoms with van der Waals surface area (Å²) in [6, 6.07) is 12.2. The number of nitrogens with one attached hydrogen (secondary N) is 1. The predicted octanol–water partition coefficient (Wildman–Crippen LogP) is 4.30. The van der Waals surface area contributed by atoms with Gasteiger partial charge in [-0.2, -0.15) is 5.26 Å². The number of anilines is 1. The topological polar surface area (TPSA) is 35.8 Å². The lowest BCUT2D eigenvalue weighted by atomic mass is 10.2. The van der Waals surface area contributed by atoms with Crippen molar-refractivity contribution in [1.82, 2.24) is 0 Å². The summed E-state index contributed by atoms with van der Waals surface area (Å²) in [4.78, 5) is 1.92. The Kier molecular flexibility index (Phi) is 3.82. The van der Waals surface area contributed by atoms with E-state index in [0.29, 0.717) is 0 Å². The minimum absolute atomic E-state index is 0.744. The summed E-state index contributed by atoms with van der Waals surface area (Å²) in [5, 5.41) is 12.1. The van der Waals surface area contributed by atoms with Crippen LogP contribution >= 0.6 is 27.3 Å². The SMILES string of the molecule is Cc1ccc(NCc2ccc(C#N)s2)c(Br)c1. The highest BCUT2D eigenvalue weighted by Crippen LogP contribution is 2.25. The standard InChI is InChI=1S/C13H11BrN2S/c1-9-2-5-13(12(14)6-9)16-8-11-4-3-10(7-15)17-11/h2-6,16H,8H2,1H3. The van der Waals surface area contributed by atoms with Gasteiger partial charge in [0.1, 0.15) is 10.9 Å². The zero-order valence-electron chi connectivity index (χ0n) is 9.33. The Labute approximate surface area is 113 Å². The van der Waals surface area contributed by atoms with Crippen molar-refractivity contribution in [1.29, 1.82) is 5.26 Å². The van der Waals surface area contributed by atoms with E-state index in [4.69, 9.17) is 5.26 Å². The Morgan fingerprint density at radius 3 is 2.82 bits per heavy atom. The zero-order chi connectivity index (χ0) is 12.3. The molecule has 0 atom stereocenters. The van der Waals surface area contributed by atoms with E-state index in [-0.39, 0.29) is 0 Å². The first-order chi connectivity index (χ1) is 8.19. The number of rotatable bonds is 3. The number of halogens is 1. The Hall–Kier alpha value is -1.31. The first-order valence-electron chi connectivity index (χ1n) is 5.18. The second kappa shape index (κ2) is 5.35. The lowest BCUT2D eigenvalue weighted by Crippen LogP contribution is -1.98. The monoisotopic (exact) mass is 306 g/mol. The van der Waals surface area contributed by atoms with Gasteiger partial charge in [-0.25, -0.2) is 0 Å². The summed E-state index contributed by atoms with van der Waals surface area (Å²) in [5.74, 6) is 0. The van der Waals surface area contributed by atoms with Crippen molar-refractivity contribution in [2.24, 2.45) is 0 Å². The summed E-state index contributed by atoms with van der Waals surface area (Å²) < 4.78 is 1.06. The van der Waals surface area contributed by atoms with Gasteiger partial charge in [-0.05, 0) is 52.7 Å². The molecule has 0 saturated carbocycles. The third-order valence-corrected chi connectivity index (χ3v) is 4.00. The summed E-state index contributed by atoms with van der Waals surface area (Å²) in [6.45, 7) is 2.81. The van der Waals surface area contributed by atoms with Gasteiger partial charge in [0.05, 0.1) is 0 Å². The van der Waals surface area contributed by atoms with Crippen molar-refractivity contribution in [2.45, 2.75) is 13.5 Å². The smallest absolute Gasteiger partial charge is 0.110 e. The maximum absolute atomic E-state index is 8.74. The van der Waals surface area contributed by atoms with Crippen molar-refractivity contribution >= 4 is 33.0 Å². The fourth-order valence-electron chi connectivity index (χ4n) is 1.48. The number of nitrogens with zero attached hydrogens (tertiary/aromatic N) is 1. The van der Waals surface area contributed by atoms with Crippen LogP contribution in [0.2, 0.25) is 0 Å². The van der Waals surface area contributed by atoms with Crippen molar-refractivity contribution < 1.29 is 0 Å². The van der Waals surface area contributed by atoms with Crippen molar-refractivity contribution in [3.8, 4) is 6.07 Å². The molecule has 2 rings (SSSR count). The first-order valence-corrected chi connectivity index (χ1v) is 6.79. The van der Waals surface area contributed by atoms with Gasteiger partial charge in [-0.15, -0.1) is 11.3 Å². The van der Waals surface area contributed by atoms with Crippen LogP contribution in [-0.2, 0) is 6.54 Å². The number of aryl methyl sites for hydroxylation is 1. The number of hydrogen-bond donors (Lipinski definition) is 1. The Bertz CT molecular complexity index is 569. The minimum Gasteiger partial charge on any atom is -0.379 e. The molecule has 0 bridgehead atoms. The molecule has 0 spiro atoms. The minimum atomic E-state index is 0.744. The molecule has 17 heavy (non-hydrogen) atoms. The molecule has 0 radical (unpaired) electrons. The van der Waals surface area contributed by atoms with E-state index in [0.717, 1.165) is 26.5 Å². The normalized spacial score (nSPS) is 9.94. The van der Waals surface area contributed by atoms with E-state index < -0.39 is 0 Å². The van der Waals surface area contributed by atoms with Gasteiger partial charge in [-0.3, -0.25) is 0 Å². The average molecular weight is 307 g/mol. The second-order valence-electron chi connectivity index (χ2n) is 3.71. The molecule has 86 valence electrons. The maximum atomic E-state index is 8.74. The molecule has 0 aliphatic rings. The lowest BCUT2D eigenvalue weighted by molar-refractivity contribution is 1.19. The first kappa shape index (κ1) is 12.2. The number of benzene rings is 1. The fourth-order valence-corrected chi connectivity index (χ4v) is 2.86. The summed E-state index contributed by atoms with van der Waals surface area (Å²) in [5.41, 5.74) is 2.30. The fraction of sp³-hybridized carbons (Fsp3) is 0.154. The number of hydrogen-bond acceptors (Lipinski definition) is 3. The average Bonchev–Trinajstić information content (AvgIpc) is 2.76. The molecule has 0 saturated heterocycles. The third-order valence-electron chi connectivity index (χ3n) is 2.35. The van der Waals surface area contributed by atoms with Crippen LogP contribution in [0.1, 0.15) is 15.3 Å². The largest absolute Gasteiger partial charge is 0.379 e. The lowest BCUT2D eigenvalue weighted by Gasteiger charge is -2.07. The Balaban J connectivity index is 2.05. The molecular formula is C13H11BrN2S. The van der Waals surface area contributed by atoms with Crippen LogP contribution < -0.4 is 5.32 Å². The van der Waals surface area contributed by atoms with Crippen molar-refractivity contribution in [2.75, 3.05) is 5.32 Å². The molecule has 1 aromatic heterocycles. The van der Waals surface area contributed by atoms with Crippen LogP contribution in [0, 0.1) is 18.3 Å². The molecule has 2 nitrogen and oxygen atoms in total. The van der Waals surface area contributed by atoms with E-state index in [1.54, 1.807) is 0 Å². The molecule has 0 aliphatic heterocycles. The summed E-state index contributed by atoms with van der Waals surface area (Å²) in [6.07, 6.45) is 0. The summed E-state index contributed by atoms with van der Waals surface area (Å²) >= 11 is 5.05. The van der Waals surface area contributed by atoms with Crippen LogP contribution in [0.5, 0.6) is 0 Å². The van der Waals surface area contributed by atoms with Gasteiger partial charge in [0.25, 0.3) is 0 Å². The maximum Gasteiger partial charge on any atom is 0.110 e. The molecule has 1 N–H and O–H groups in total. The zero-order valence-corrected chi connectivity index (χ0v) is 11.7. The van der Waals surface area contributed by atoms with E-state index in [2.05, 4.69) is 52.4 Å². The third kappa shape index (κ3) is 3.09. The Morgan fingerprint density at radius 1 is 1.35 bits per heavy atom. The molecule has 1 aromatic carbocycles. The van der Waals surface area contributed by atoms with Gasteiger partial charge >= 0.3 is 0 Å². The molecule has 0 fully saturated rings. The van der Waals surface area contributed by atoms with Gasteiger partial charge in [-0.1, -0.05) is 6.07 Å². The van der Waals surface area contributed by atoms with Gasteiger partial charge < -0.3 is 5.32 Å². The van der Waals surface area contributed by atoms with Crippen LogP contribution in [0.25, 0.3) is 0 Å². The van der Waals surface area contributed by atoms with Gasteiger partial charge in [0.2, 0.25) is 0 Å². The molecule has 0 aliphatic carbocycles. The Morgan fingerprint density at radius 2 is 2.18 bits per heavy atom. The molecule has 1 heterocycles. The quantitative estimate of drug-likeness (QED) is 0.917. The van der Waals surface area contributed by atoms with E-state index in [1.165, 1.54) is 16.9 Å². The van der Waals surface area contributed by atoms with E-state index in [9.17, 15) is 0 Å². The molecule has 0 amide bonds. The van der Waals surface area contributed by atoms with Crippen LogP contribution in [0.3, 0.4) is 0 Å². The predicted molar refractivity (Wildman–Crippen MR) is 75.2 cm³/mol.